The van der Waals surface area contributed by atoms with E-state index in [9.17, 15) is 14.4 Å². The Kier molecular flexibility index (Phi) is 5.43. The summed E-state index contributed by atoms with van der Waals surface area (Å²) in [6.07, 6.45) is 0.130. The molecule has 0 spiro atoms. The van der Waals surface area contributed by atoms with E-state index >= 15 is 0 Å². The quantitative estimate of drug-likeness (QED) is 0.744. The summed E-state index contributed by atoms with van der Waals surface area (Å²) < 4.78 is 19.6. The molecule has 162 valence electrons. The lowest BCUT2D eigenvalue weighted by molar-refractivity contribution is -0.153. The molecule has 2 aliphatic rings. The van der Waals surface area contributed by atoms with E-state index < -0.39 is 41.4 Å². The SMILES string of the molecule is Cc1csc(C(=O)NC[C@H]2OC[C@@H](n3cc(C)c(=O)[nH]c3=O)[C@@H]3OC(C)(C)O[C@@H]32)c1. The Bertz CT molecular complexity index is 1070. The molecule has 0 bridgehead atoms. The Morgan fingerprint density at radius 1 is 1.30 bits per heavy atom. The minimum atomic E-state index is -0.866. The number of nitrogens with zero attached hydrogens (tertiary/aromatic N) is 1. The molecule has 0 aliphatic carbocycles. The van der Waals surface area contributed by atoms with Crippen molar-refractivity contribution in [2.45, 2.75) is 57.8 Å². The second-order valence-corrected chi connectivity index (χ2v) is 9.09. The van der Waals surface area contributed by atoms with Gasteiger partial charge in [0.05, 0.1) is 17.5 Å². The first-order chi connectivity index (χ1) is 14.1. The topological polar surface area (TPSA) is 112 Å². The van der Waals surface area contributed by atoms with Crippen molar-refractivity contribution in [1.82, 2.24) is 14.9 Å². The summed E-state index contributed by atoms with van der Waals surface area (Å²) in [5, 5.41) is 4.82. The summed E-state index contributed by atoms with van der Waals surface area (Å²) in [5.74, 6) is -1.03. The first kappa shape index (κ1) is 21.0. The Labute approximate surface area is 177 Å². The molecule has 4 rings (SSSR count). The van der Waals surface area contributed by atoms with Gasteiger partial charge in [0.15, 0.2) is 5.79 Å². The summed E-state index contributed by atoms with van der Waals surface area (Å²) in [7, 11) is 0. The first-order valence-electron chi connectivity index (χ1n) is 9.77. The number of carbonyl (C=O) groups is 1. The average Bonchev–Trinajstić information content (AvgIpc) is 3.25. The van der Waals surface area contributed by atoms with E-state index in [1.807, 2.05) is 18.4 Å². The highest BCUT2D eigenvalue weighted by Gasteiger charge is 2.52. The van der Waals surface area contributed by atoms with E-state index in [1.165, 1.54) is 22.1 Å². The van der Waals surface area contributed by atoms with Crippen LogP contribution in [0.4, 0.5) is 0 Å². The molecule has 2 N–H and O–H groups in total. The highest BCUT2D eigenvalue weighted by molar-refractivity contribution is 7.12. The maximum absolute atomic E-state index is 12.4. The van der Waals surface area contributed by atoms with Crippen molar-refractivity contribution in [3.05, 3.63) is 54.5 Å². The summed E-state index contributed by atoms with van der Waals surface area (Å²) in [6, 6.07) is 1.37. The number of amides is 1. The van der Waals surface area contributed by atoms with Crippen LogP contribution in [0.15, 0.2) is 27.2 Å². The highest BCUT2D eigenvalue weighted by Crippen LogP contribution is 2.39. The molecule has 0 saturated carbocycles. The Morgan fingerprint density at radius 2 is 2.03 bits per heavy atom. The van der Waals surface area contributed by atoms with Gasteiger partial charge in [-0.2, -0.15) is 0 Å². The zero-order valence-electron chi connectivity index (χ0n) is 17.3. The second-order valence-electron chi connectivity index (χ2n) is 8.18. The smallest absolute Gasteiger partial charge is 0.328 e. The van der Waals surface area contributed by atoms with E-state index in [0.717, 1.165) is 5.56 Å². The number of nitrogens with one attached hydrogen (secondary N) is 2. The molecule has 9 nitrogen and oxygen atoms in total. The van der Waals surface area contributed by atoms with Gasteiger partial charge in [0.2, 0.25) is 0 Å². The normalized spacial score (nSPS) is 27.6. The zero-order valence-corrected chi connectivity index (χ0v) is 18.1. The minimum Gasteiger partial charge on any atom is -0.371 e. The van der Waals surface area contributed by atoms with E-state index in [2.05, 4.69) is 10.3 Å². The second kappa shape index (κ2) is 7.77. The van der Waals surface area contributed by atoms with Crippen molar-refractivity contribution in [2.75, 3.05) is 13.2 Å². The van der Waals surface area contributed by atoms with Gasteiger partial charge in [-0.25, -0.2) is 4.79 Å². The van der Waals surface area contributed by atoms with Crippen molar-refractivity contribution in [2.24, 2.45) is 0 Å². The number of aromatic amines is 1. The molecule has 0 aromatic carbocycles. The maximum atomic E-state index is 12.4. The molecule has 2 aromatic rings. The first-order valence-corrected chi connectivity index (χ1v) is 10.7. The van der Waals surface area contributed by atoms with Gasteiger partial charge in [-0.1, -0.05) is 0 Å². The van der Waals surface area contributed by atoms with Crippen molar-refractivity contribution in [1.29, 1.82) is 0 Å². The van der Waals surface area contributed by atoms with Crippen LogP contribution in [-0.2, 0) is 14.2 Å². The molecular weight excluding hydrogens is 410 g/mol. The fraction of sp³-hybridized carbons (Fsp3) is 0.550. The molecule has 30 heavy (non-hydrogen) atoms. The number of fused-ring (bicyclic) bond motifs is 1. The summed E-state index contributed by atoms with van der Waals surface area (Å²) in [6.45, 7) is 7.61. The number of carbonyl (C=O) groups excluding carboxylic acids is 1. The summed E-state index contributed by atoms with van der Waals surface area (Å²) in [5.41, 5.74) is 0.520. The van der Waals surface area contributed by atoms with Crippen LogP contribution in [0, 0.1) is 13.8 Å². The van der Waals surface area contributed by atoms with Crippen LogP contribution < -0.4 is 16.6 Å². The molecule has 2 aliphatic heterocycles. The Morgan fingerprint density at radius 3 is 2.73 bits per heavy atom. The van der Waals surface area contributed by atoms with E-state index in [4.69, 9.17) is 14.2 Å². The minimum absolute atomic E-state index is 0.166. The molecule has 0 radical (unpaired) electrons. The third-order valence-corrected chi connectivity index (χ3v) is 6.36. The molecule has 2 aromatic heterocycles. The van der Waals surface area contributed by atoms with Crippen LogP contribution in [0.3, 0.4) is 0 Å². The summed E-state index contributed by atoms with van der Waals surface area (Å²) in [4.78, 5) is 39.5. The number of ether oxygens (including phenoxy) is 3. The van der Waals surface area contributed by atoms with Gasteiger partial charge >= 0.3 is 5.69 Å². The Balaban J connectivity index is 1.53. The van der Waals surface area contributed by atoms with Gasteiger partial charge in [-0.05, 0) is 44.7 Å². The van der Waals surface area contributed by atoms with Crippen molar-refractivity contribution >= 4 is 17.2 Å². The number of thiophene rings is 1. The number of hydrogen-bond donors (Lipinski definition) is 2. The van der Waals surface area contributed by atoms with Gasteiger partial charge < -0.3 is 19.5 Å². The standard InChI is InChI=1S/C20H25N3O6S/c1-10-5-14(30-9-10)18(25)21-6-13-16-15(28-20(3,4)29-16)12(8-27-13)23-7-11(2)17(24)22-19(23)26/h5,7,9,12-13,15-16H,6,8H2,1-4H3,(H,21,25)(H,22,24,26)/t12-,13-,15+,16-/m1/s1. The van der Waals surface area contributed by atoms with E-state index in [0.29, 0.717) is 10.4 Å². The third kappa shape index (κ3) is 4.00. The summed E-state index contributed by atoms with van der Waals surface area (Å²) >= 11 is 1.39. The number of hydrogen-bond acceptors (Lipinski definition) is 7. The van der Waals surface area contributed by atoms with Crippen LogP contribution >= 0.6 is 11.3 Å². The van der Waals surface area contributed by atoms with Crippen LogP contribution in [-0.4, -0.2) is 52.7 Å². The third-order valence-electron chi connectivity index (χ3n) is 5.31. The fourth-order valence-corrected chi connectivity index (χ4v) is 4.71. The monoisotopic (exact) mass is 435 g/mol. The molecule has 0 unspecified atom stereocenters. The molecule has 4 atom stereocenters. The van der Waals surface area contributed by atoms with Crippen LogP contribution in [0.25, 0.3) is 0 Å². The predicted molar refractivity (Wildman–Crippen MR) is 110 cm³/mol. The molecule has 10 heteroatoms. The molecule has 4 heterocycles. The lowest BCUT2D eigenvalue weighted by atomic mass is 9.97. The lowest BCUT2D eigenvalue weighted by Crippen LogP contribution is -2.54. The van der Waals surface area contributed by atoms with Crippen LogP contribution in [0.2, 0.25) is 0 Å². The largest absolute Gasteiger partial charge is 0.371 e. The van der Waals surface area contributed by atoms with Crippen molar-refractivity contribution in [3.63, 3.8) is 0 Å². The lowest BCUT2D eigenvalue weighted by Gasteiger charge is -2.37. The molecule has 1 amide bonds. The Hall–Kier alpha value is -2.27. The number of aromatic nitrogens is 2. The fourth-order valence-electron chi connectivity index (χ4n) is 3.89. The zero-order chi connectivity index (χ0) is 21.6. The van der Waals surface area contributed by atoms with Gasteiger partial charge in [-0.3, -0.25) is 19.1 Å². The van der Waals surface area contributed by atoms with Crippen molar-refractivity contribution in [3.8, 4) is 0 Å². The predicted octanol–water partition coefficient (Wildman–Crippen LogP) is 1.10. The number of aryl methyl sites for hydroxylation is 2. The van der Waals surface area contributed by atoms with Gasteiger partial charge in [0, 0.05) is 18.3 Å². The average molecular weight is 436 g/mol. The van der Waals surface area contributed by atoms with Gasteiger partial charge in [0.1, 0.15) is 18.3 Å². The van der Waals surface area contributed by atoms with Crippen LogP contribution in [0.1, 0.15) is 40.7 Å². The number of rotatable bonds is 4. The van der Waals surface area contributed by atoms with E-state index in [-0.39, 0.29) is 19.1 Å². The van der Waals surface area contributed by atoms with Gasteiger partial charge in [-0.15, -0.1) is 11.3 Å². The molecule has 2 fully saturated rings. The van der Waals surface area contributed by atoms with Crippen molar-refractivity contribution < 1.29 is 19.0 Å². The number of H-pyrrole nitrogens is 1. The maximum Gasteiger partial charge on any atom is 0.328 e. The van der Waals surface area contributed by atoms with E-state index in [1.54, 1.807) is 20.8 Å². The van der Waals surface area contributed by atoms with Crippen LogP contribution in [0.5, 0.6) is 0 Å². The highest BCUT2D eigenvalue weighted by atomic mass is 32.1. The van der Waals surface area contributed by atoms with Gasteiger partial charge in [0.25, 0.3) is 11.5 Å². The molecule has 2 saturated heterocycles. The molecular formula is C20H25N3O6S.